The number of hydrogen-bond donors (Lipinski definition) is 1. The van der Waals surface area contributed by atoms with Gasteiger partial charge in [0.05, 0.1) is 5.75 Å². The molecule has 0 atom stereocenters. The van der Waals surface area contributed by atoms with Crippen molar-refractivity contribution in [2.45, 2.75) is 32.3 Å². The lowest BCUT2D eigenvalue weighted by Gasteiger charge is -2.07. The van der Waals surface area contributed by atoms with Crippen molar-refractivity contribution in [1.29, 1.82) is 0 Å². The van der Waals surface area contributed by atoms with Crippen molar-refractivity contribution >= 4 is 34.5 Å². The minimum atomic E-state index is -0.0853. The summed E-state index contributed by atoms with van der Waals surface area (Å²) >= 11 is 1.33. The monoisotopic (exact) mass is 342 g/mol. The molecule has 0 spiro atoms. The molecule has 0 unspecified atom stereocenters. The topological polar surface area (TPSA) is 85.6 Å². The minimum Gasteiger partial charge on any atom is -0.325 e. The van der Waals surface area contributed by atoms with E-state index in [2.05, 4.69) is 25.6 Å². The van der Waals surface area contributed by atoms with Crippen molar-refractivity contribution < 1.29 is 4.79 Å². The van der Waals surface area contributed by atoms with Crippen LogP contribution in [0.25, 0.3) is 11.2 Å². The molecule has 0 radical (unpaired) electrons. The molecule has 0 aliphatic rings. The first-order valence-corrected chi connectivity index (χ1v) is 8.61. The van der Waals surface area contributed by atoms with Gasteiger partial charge in [-0.25, -0.2) is 14.6 Å². The maximum atomic E-state index is 12.2. The fourth-order valence-corrected chi connectivity index (χ4v) is 2.97. The molecule has 1 N–H and O–H groups in total. The van der Waals surface area contributed by atoms with Crippen LogP contribution >= 0.6 is 11.8 Å². The highest BCUT2D eigenvalue weighted by Gasteiger charge is 2.13. The van der Waals surface area contributed by atoms with Crippen LogP contribution in [0, 0.1) is 13.8 Å². The van der Waals surface area contributed by atoms with Gasteiger partial charge in [0.15, 0.2) is 11.2 Å². The van der Waals surface area contributed by atoms with Crippen LogP contribution in [0.15, 0.2) is 29.6 Å². The Kier molecular flexibility index (Phi) is 4.75. The van der Waals surface area contributed by atoms with Crippen LogP contribution in [-0.4, -0.2) is 36.6 Å². The van der Waals surface area contributed by atoms with Gasteiger partial charge in [0, 0.05) is 12.2 Å². The number of carbonyl (C=O) groups is 1. The number of nitrogens with zero attached hydrogens (tertiary/aromatic N) is 5. The number of aromatic nitrogens is 5. The fourth-order valence-electron chi connectivity index (χ4n) is 2.24. The lowest BCUT2D eigenvalue weighted by atomic mass is 10.1. The van der Waals surface area contributed by atoms with Crippen molar-refractivity contribution in [1.82, 2.24) is 25.0 Å². The Morgan fingerprint density at radius 1 is 1.25 bits per heavy atom. The molecule has 3 aromatic rings. The SMILES string of the molecule is CCn1nnc2c(SCC(=O)Nc3ccc(C)c(C)c3)ncnc21. The van der Waals surface area contributed by atoms with Crippen molar-refractivity contribution in [2.24, 2.45) is 0 Å². The largest absolute Gasteiger partial charge is 0.325 e. The zero-order chi connectivity index (χ0) is 17.1. The van der Waals surface area contributed by atoms with Gasteiger partial charge in [-0.2, -0.15) is 0 Å². The Bertz CT molecular complexity index is 891. The number of fused-ring (bicyclic) bond motifs is 1. The van der Waals surface area contributed by atoms with Crippen LogP contribution in [0.4, 0.5) is 5.69 Å². The van der Waals surface area contributed by atoms with E-state index < -0.39 is 0 Å². The number of benzene rings is 1. The third-order valence-electron chi connectivity index (χ3n) is 3.70. The van der Waals surface area contributed by atoms with Crippen molar-refractivity contribution in [2.75, 3.05) is 11.1 Å². The molecule has 0 bridgehead atoms. The van der Waals surface area contributed by atoms with Crippen LogP contribution in [0.2, 0.25) is 0 Å². The average molecular weight is 342 g/mol. The molecule has 0 aliphatic carbocycles. The standard InChI is InChI=1S/C16H18N6OS/c1-4-22-15-14(20-21-22)16(18-9-17-15)24-8-13(23)19-12-6-5-10(2)11(3)7-12/h5-7,9H,4,8H2,1-3H3,(H,19,23). The highest BCUT2D eigenvalue weighted by molar-refractivity contribution is 8.00. The smallest absolute Gasteiger partial charge is 0.234 e. The maximum absolute atomic E-state index is 12.2. The summed E-state index contributed by atoms with van der Waals surface area (Å²) in [5.41, 5.74) is 4.46. The summed E-state index contributed by atoms with van der Waals surface area (Å²) in [7, 11) is 0. The zero-order valence-electron chi connectivity index (χ0n) is 13.8. The van der Waals surface area contributed by atoms with E-state index in [-0.39, 0.29) is 11.7 Å². The van der Waals surface area contributed by atoms with E-state index in [1.165, 1.54) is 23.7 Å². The quantitative estimate of drug-likeness (QED) is 0.566. The molecule has 3 rings (SSSR count). The Morgan fingerprint density at radius 3 is 2.83 bits per heavy atom. The van der Waals surface area contributed by atoms with Crippen LogP contribution in [0.3, 0.4) is 0 Å². The number of amides is 1. The van der Waals surface area contributed by atoms with Crippen molar-refractivity contribution in [3.8, 4) is 0 Å². The van der Waals surface area contributed by atoms with Gasteiger partial charge in [0.1, 0.15) is 11.4 Å². The molecule has 2 aromatic heterocycles. The third kappa shape index (κ3) is 3.38. The van der Waals surface area contributed by atoms with Crippen LogP contribution in [0.5, 0.6) is 0 Å². The molecular formula is C16H18N6OS. The number of hydrogen-bond acceptors (Lipinski definition) is 6. The number of rotatable bonds is 5. The van der Waals surface area contributed by atoms with Gasteiger partial charge in [-0.3, -0.25) is 4.79 Å². The molecule has 0 saturated carbocycles. The Hall–Kier alpha value is -2.48. The van der Waals surface area contributed by atoms with Crippen molar-refractivity contribution in [3.63, 3.8) is 0 Å². The van der Waals surface area contributed by atoms with E-state index in [0.717, 1.165) is 11.3 Å². The molecular weight excluding hydrogens is 324 g/mol. The predicted octanol–water partition coefficient (Wildman–Crippen LogP) is 2.59. The highest BCUT2D eigenvalue weighted by atomic mass is 32.2. The fraction of sp³-hybridized carbons (Fsp3) is 0.312. The summed E-state index contributed by atoms with van der Waals surface area (Å²) in [5.74, 6) is 0.163. The lowest BCUT2D eigenvalue weighted by molar-refractivity contribution is -0.113. The predicted molar refractivity (Wildman–Crippen MR) is 94.1 cm³/mol. The molecule has 124 valence electrons. The summed E-state index contributed by atoms with van der Waals surface area (Å²) in [4.78, 5) is 20.6. The van der Waals surface area contributed by atoms with Crippen LogP contribution in [-0.2, 0) is 11.3 Å². The van der Waals surface area contributed by atoms with Gasteiger partial charge >= 0.3 is 0 Å². The Morgan fingerprint density at radius 2 is 2.08 bits per heavy atom. The second-order valence-electron chi connectivity index (χ2n) is 5.39. The molecule has 7 nitrogen and oxygen atoms in total. The zero-order valence-corrected chi connectivity index (χ0v) is 14.6. The summed E-state index contributed by atoms with van der Waals surface area (Å²) in [6, 6.07) is 5.86. The van der Waals surface area contributed by atoms with E-state index in [9.17, 15) is 4.79 Å². The molecule has 8 heteroatoms. The van der Waals surface area contributed by atoms with E-state index in [4.69, 9.17) is 0 Å². The summed E-state index contributed by atoms with van der Waals surface area (Å²) in [6.07, 6.45) is 1.47. The van der Waals surface area contributed by atoms with E-state index in [1.54, 1.807) is 4.68 Å². The number of anilines is 1. The maximum Gasteiger partial charge on any atom is 0.234 e. The minimum absolute atomic E-state index is 0.0853. The van der Waals surface area contributed by atoms with Gasteiger partial charge in [-0.1, -0.05) is 23.0 Å². The molecule has 24 heavy (non-hydrogen) atoms. The average Bonchev–Trinajstić information content (AvgIpc) is 3.00. The number of thioether (sulfide) groups is 1. The van der Waals surface area contributed by atoms with Crippen molar-refractivity contribution in [3.05, 3.63) is 35.7 Å². The normalized spacial score (nSPS) is 11.0. The molecule has 2 heterocycles. The first-order chi connectivity index (χ1) is 11.6. The summed E-state index contributed by atoms with van der Waals surface area (Å²) in [6.45, 7) is 6.72. The van der Waals surface area contributed by atoms with E-state index in [1.807, 2.05) is 39.0 Å². The van der Waals surface area contributed by atoms with Crippen LogP contribution in [0.1, 0.15) is 18.1 Å². The Balaban J connectivity index is 1.68. The first kappa shape index (κ1) is 16.4. The van der Waals surface area contributed by atoms with Gasteiger partial charge in [0.25, 0.3) is 0 Å². The molecule has 0 saturated heterocycles. The van der Waals surface area contributed by atoms with E-state index >= 15 is 0 Å². The van der Waals surface area contributed by atoms with Gasteiger partial charge < -0.3 is 5.32 Å². The van der Waals surface area contributed by atoms with Gasteiger partial charge in [0.2, 0.25) is 5.91 Å². The second-order valence-corrected chi connectivity index (χ2v) is 6.36. The summed E-state index contributed by atoms with van der Waals surface area (Å²) < 4.78 is 1.70. The molecule has 0 aliphatic heterocycles. The van der Waals surface area contributed by atoms with E-state index in [0.29, 0.717) is 22.7 Å². The number of nitrogens with one attached hydrogen (secondary N) is 1. The number of aryl methyl sites for hydroxylation is 3. The first-order valence-electron chi connectivity index (χ1n) is 7.62. The lowest BCUT2D eigenvalue weighted by Crippen LogP contribution is -2.14. The summed E-state index contributed by atoms with van der Waals surface area (Å²) in [5, 5.41) is 11.7. The Labute approximate surface area is 143 Å². The van der Waals surface area contributed by atoms with Crippen LogP contribution < -0.4 is 5.32 Å². The number of carbonyl (C=O) groups excluding carboxylic acids is 1. The molecule has 1 aromatic carbocycles. The van der Waals surface area contributed by atoms with Gasteiger partial charge in [-0.05, 0) is 44.0 Å². The second kappa shape index (κ2) is 6.96. The molecule has 1 amide bonds. The molecule has 0 fully saturated rings. The van der Waals surface area contributed by atoms with Gasteiger partial charge in [-0.15, -0.1) is 5.10 Å². The third-order valence-corrected chi connectivity index (χ3v) is 4.68. The highest BCUT2D eigenvalue weighted by Crippen LogP contribution is 2.22.